The zero-order chi connectivity index (χ0) is 12.0. The predicted molar refractivity (Wildman–Crippen MR) is 61.1 cm³/mol. The first-order valence-corrected chi connectivity index (χ1v) is 4.94. The third kappa shape index (κ3) is 3.07. The van der Waals surface area contributed by atoms with E-state index in [4.69, 9.17) is 10.00 Å². The minimum Gasteiger partial charge on any atom is -0.384 e. The maximum absolute atomic E-state index is 11.7. The summed E-state index contributed by atoms with van der Waals surface area (Å²) >= 11 is 0. The molecule has 1 rings (SSSR count). The number of nitriles is 1. The summed E-state index contributed by atoms with van der Waals surface area (Å²) in [7, 11) is 3.25. The lowest BCUT2D eigenvalue weighted by Gasteiger charge is -2.17. The molecule has 16 heavy (non-hydrogen) atoms. The van der Waals surface area contributed by atoms with Gasteiger partial charge in [-0.05, 0) is 18.2 Å². The van der Waals surface area contributed by atoms with E-state index in [1.165, 1.54) is 4.90 Å². The van der Waals surface area contributed by atoms with Gasteiger partial charge in [-0.15, -0.1) is 0 Å². The number of hydrogen-bond donors (Lipinski definition) is 0. The molecule has 1 aromatic carbocycles. The lowest BCUT2D eigenvalue weighted by Crippen LogP contribution is -2.27. The number of ether oxygens (including phenoxy) is 1. The summed E-state index contributed by atoms with van der Waals surface area (Å²) in [5.74, 6) is -0.0306. The van der Waals surface area contributed by atoms with E-state index in [0.29, 0.717) is 18.6 Å². The molecule has 1 aromatic rings. The van der Waals surface area contributed by atoms with E-state index in [0.717, 1.165) is 5.69 Å². The van der Waals surface area contributed by atoms with Crippen LogP contribution in [0.5, 0.6) is 0 Å². The number of amides is 1. The van der Waals surface area contributed by atoms with Gasteiger partial charge in [0.05, 0.1) is 24.7 Å². The molecule has 0 aliphatic rings. The standard InChI is InChI=1S/C12H14N2O2/c1-14(12(15)6-7-16-2)11-5-3-4-10(8-11)9-13/h3-5,8H,6-7H2,1-2H3. The number of hydrogen-bond acceptors (Lipinski definition) is 3. The van der Waals surface area contributed by atoms with Crippen molar-refractivity contribution < 1.29 is 9.53 Å². The van der Waals surface area contributed by atoms with Gasteiger partial charge in [0.15, 0.2) is 0 Å². The average molecular weight is 218 g/mol. The van der Waals surface area contributed by atoms with Gasteiger partial charge in [0, 0.05) is 19.8 Å². The van der Waals surface area contributed by atoms with E-state index in [1.807, 2.05) is 6.07 Å². The van der Waals surface area contributed by atoms with Crippen LogP contribution < -0.4 is 4.90 Å². The van der Waals surface area contributed by atoms with Crippen LogP contribution in [0, 0.1) is 11.3 Å². The second kappa shape index (κ2) is 5.89. The van der Waals surface area contributed by atoms with Crippen LogP contribution >= 0.6 is 0 Å². The molecule has 0 atom stereocenters. The van der Waals surface area contributed by atoms with Crippen LogP contribution in [-0.2, 0) is 9.53 Å². The molecule has 4 heteroatoms. The largest absolute Gasteiger partial charge is 0.384 e. The number of carbonyl (C=O) groups is 1. The van der Waals surface area contributed by atoms with Crippen molar-refractivity contribution in [3.8, 4) is 6.07 Å². The third-order valence-electron chi connectivity index (χ3n) is 2.26. The number of rotatable bonds is 4. The molecule has 0 N–H and O–H groups in total. The Morgan fingerprint density at radius 2 is 2.31 bits per heavy atom. The molecule has 0 saturated carbocycles. The van der Waals surface area contributed by atoms with Crippen molar-refractivity contribution in [2.45, 2.75) is 6.42 Å². The van der Waals surface area contributed by atoms with Gasteiger partial charge in [-0.25, -0.2) is 0 Å². The van der Waals surface area contributed by atoms with Crippen LogP contribution in [-0.4, -0.2) is 26.7 Å². The van der Waals surface area contributed by atoms with E-state index in [2.05, 4.69) is 0 Å². The van der Waals surface area contributed by atoms with E-state index < -0.39 is 0 Å². The summed E-state index contributed by atoms with van der Waals surface area (Å²) in [6, 6.07) is 8.99. The Kier molecular flexibility index (Phi) is 4.49. The van der Waals surface area contributed by atoms with Crippen molar-refractivity contribution in [3.05, 3.63) is 29.8 Å². The molecular weight excluding hydrogens is 204 g/mol. The van der Waals surface area contributed by atoms with Gasteiger partial charge in [-0.1, -0.05) is 6.07 Å². The van der Waals surface area contributed by atoms with E-state index >= 15 is 0 Å². The zero-order valence-electron chi connectivity index (χ0n) is 9.43. The number of anilines is 1. The Morgan fingerprint density at radius 3 is 2.94 bits per heavy atom. The fourth-order valence-electron chi connectivity index (χ4n) is 1.29. The average Bonchev–Trinajstić information content (AvgIpc) is 2.35. The lowest BCUT2D eigenvalue weighted by atomic mass is 10.2. The molecule has 0 aliphatic heterocycles. The van der Waals surface area contributed by atoms with E-state index in [9.17, 15) is 4.79 Å². The Balaban J connectivity index is 2.76. The predicted octanol–water partition coefficient (Wildman–Crippen LogP) is 1.56. The Labute approximate surface area is 95.0 Å². The van der Waals surface area contributed by atoms with Crippen molar-refractivity contribution in [3.63, 3.8) is 0 Å². The Hall–Kier alpha value is -1.86. The van der Waals surface area contributed by atoms with Gasteiger partial charge in [0.25, 0.3) is 0 Å². The molecule has 0 saturated heterocycles. The molecule has 84 valence electrons. The van der Waals surface area contributed by atoms with Gasteiger partial charge < -0.3 is 9.64 Å². The molecule has 0 fully saturated rings. The summed E-state index contributed by atoms with van der Waals surface area (Å²) in [6.07, 6.45) is 0.337. The highest BCUT2D eigenvalue weighted by atomic mass is 16.5. The van der Waals surface area contributed by atoms with Crippen molar-refractivity contribution in [1.82, 2.24) is 0 Å². The molecule has 4 nitrogen and oxygen atoms in total. The summed E-state index contributed by atoms with van der Waals surface area (Å²) < 4.78 is 4.84. The highest BCUT2D eigenvalue weighted by molar-refractivity contribution is 5.92. The molecule has 0 radical (unpaired) electrons. The molecule has 1 amide bonds. The van der Waals surface area contributed by atoms with Gasteiger partial charge in [0.1, 0.15) is 0 Å². The van der Waals surface area contributed by atoms with Crippen LogP contribution in [0.4, 0.5) is 5.69 Å². The topological polar surface area (TPSA) is 53.3 Å². The summed E-state index contributed by atoms with van der Waals surface area (Å²) in [5.41, 5.74) is 1.27. The second-order valence-electron chi connectivity index (χ2n) is 3.36. The summed E-state index contributed by atoms with van der Waals surface area (Å²) in [6.45, 7) is 0.404. The molecule has 0 bridgehead atoms. The highest BCUT2D eigenvalue weighted by Crippen LogP contribution is 2.15. The van der Waals surface area contributed by atoms with Crippen molar-refractivity contribution >= 4 is 11.6 Å². The monoisotopic (exact) mass is 218 g/mol. The van der Waals surface area contributed by atoms with E-state index in [-0.39, 0.29) is 5.91 Å². The molecule has 0 spiro atoms. The normalized spacial score (nSPS) is 9.56. The first kappa shape index (κ1) is 12.2. The van der Waals surface area contributed by atoms with Crippen LogP contribution in [0.1, 0.15) is 12.0 Å². The minimum absolute atomic E-state index is 0.0306. The highest BCUT2D eigenvalue weighted by Gasteiger charge is 2.10. The summed E-state index contributed by atoms with van der Waals surface area (Å²) in [4.78, 5) is 13.2. The number of methoxy groups -OCH3 is 1. The molecular formula is C12H14N2O2. The number of carbonyl (C=O) groups excluding carboxylic acids is 1. The smallest absolute Gasteiger partial charge is 0.229 e. The van der Waals surface area contributed by atoms with Crippen LogP contribution in [0.2, 0.25) is 0 Å². The molecule has 0 aromatic heterocycles. The van der Waals surface area contributed by atoms with Gasteiger partial charge >= 0.3 is 0 Å². The van der Waals surface area contributed by atoms with Gasteiger partial charge in [0.2, 0.25) is 5.91 Å². The minimum atomic E-state index is -0.0306. The maximum Gasteiger partial charge on any atom is 0.229 e. The number of nitrogens with zero attached hydrogens (tertiary/aromatic N) is 2. The first-order valence-electron chi connectivity index (χ1n) is 4.94. The zero-order valence-corrected chi connectivity index (χ0v) is 9.43. The fourth-order valence-corrected chi connectivity index (χ4v) is 1.29. The fraction of sp³-hybridized carbons (Fsp3) is 0.333. The van der Waals surface area contributed by atoms with Crippen molar-refractivity contribution in [2.75, 3.05) is 25.7 Å². The third-order valence-corrected chi connectivity index (χ3v) is 2.26. The van der Waals surface area contributed by atoms with Gasteiger partial charge in [-0.3, -0.25) is 4.79 Å². The Morgan fingerprint density at radius 1 is 1.56 bits per heavy atom. The van der Waals surface area contributed by atoms with Crippen molar-refractivity contribution in [1.29, 1.82) is 5.26 Å². The quantitative estimate of drug-likeness (QED) is 0.770. The van der Waals surface area contributed by atoms with Crippen LogP contribution in [0.3, 0.4) is 0 Å². The lowest BCUT2D eigenvalue weighted by molar-refractivity contribution is -0.119. The van der Waals surface area contributed by atoms with Gasteiger partial charge in [-0.2, -0.15) is 5.26 Å². The second-order valence-corrected chi connectivity index (χ2v) is 3.36. The summed E-state index contributed by atoms with van der Waals surface area (Å²) in [5, 5.41) is 8.75. The van der Waals surface area contributed by atoms with Crippen LogP contribution in [0.25, 0.3) is 0 Å². The molecule has 0 unspecified atom stereocenters. The number of benzene rings is 1. The maximum atomic E-state index is 11.7. The Bertz CT molecular complexity index is 410. The van der Waals surface area contributed by atoms with E-state index in [1.54, 1.807) is 38.4 Å². The SMILES string of the molecule is COCCC(=O)N(C)c1cccc(C#N)c1. The van der Waals surface area contributed by atoms with Crippen molar-refractivity contribution in [2.24, 2.45) is 0 Å². The molecule has 0 aliphatic carbocycles. The van der Waals surface area contributed by atoms with Crippen LogP contribution in [0.15, 0.2) is 24.3 Å². The molecule has 0 heterocycles. The first-order chi connectivity index (χ1) is 7.69.